The summed E-state index contributed by atoms with van der Waals surface area (Å²) in [5.41, 5.74) is 4.52. The van der Waals surface area contributed by atoms with Crippen LogP contribution in [0, 0.1) is 6.92 Å². The Bertz CT molecular complexity index is 387. The van der Waals surface area contributed by atoms with Gasteiger partial charge in [0.1, 0.15) is 6.10 Å². The fraction of sp³-hybridized carbons (Fsp3) is 0.273. The van der Waals surface area contributed by atoms with Gasteiger partial charge in [0, 0.05) is 16.2 Å². The lowest BCUT2D eigenvalue weighted by Crippen LogP contribution is -2.10. The van der Waals surface area contributed by atoms with Crippen molar-refractivity contribution in [2.75, 3.05) is 5.75 Å². The maximum absolute atomic E-state index is 9.98. The summed E-state index contributed by atoms with van der Waals surface area (Å²) >= 11 is 7.37. The molecule has 2 rings (SSSR count). The Morgan fingerprint density at radius 2 is 2.36 bits per heavy atom. The second-order valence-electron chi connectivity index (χ2n) is 3.42. The van der Waals surface area contributed by atoms with Gasteiger partial charge in [0.25, 0.3) is 0 Å². The van der Waals surface area contributed by atoms with E-state index in [9.17, 15) is 5.11 Å². The molecule has 0 bridgehead atoms. The smallest absolute Gasteiger partial charge is 0.103 e. The topological polar surface area (TPSA) is 20.2 Å². The third kappa shape index (κ3) is 1.70. The van der Waals surface area contributed by atoms with Crippen molar-refractivity contribution in [2.24, 2.45) is 0 Å². The summed E-state index contributed by atoms with van der Waals surface area (Å²) in [7, 11) is 0. The van der Waals surface area contributed by atoms with Crippen LogP contribution in [0.15, 0.2) is 34.2 Å². The SMILES string of the molecule is Cc1ccc2c(c1)C(O)/C(=C/Cl)CS2. The standard InChI is InChI=1S/C11H11ClOS/c1-7-2-3-10-9(4-7)11(13)8(5-12)6-14-10/h2-5,11,13H,6H2,1H3/b8-5+. The number of aliphatic hydroxyl groups is 1. The second kappa shape index (κ2) is 3.97. The molecule has 14 heavy (non-hydrogen) atoms. The minimum Gasteiger partial charge on any atom is -0.384 e. The molecule has 74 valence electrons. The minimum atomic E-state index is -0.524. The molecule has 1 aromatic rings. The molecule has 0 aromatic heterocycles. The van der Waals surface area contributed by atoms with E-state index in [2.05, 4.69) is 12.1 Å². The molecular formula is C11H11ClOS. The molecule has 1 atom stereocenters. The fourth-order valence-electron chi connectivity index (χ4n) is 1.54. The zero-order valence-corrected chi connectivity index (χ0v) is 9.40. The number of hydrogen-bond donors (Lipinski definition) is 1. The Morgan fingerprint density at radius 1 is 1.57 bits per heavy atom. The lowest BCUT2D eigenvalue weighted by molar-refractivity contribution is 0.212. The van der Waals surface area contributed by atoms with Crippen molar-refractivity contribution in [3.63, 3.8) is 0 Å². The number of benzene rings is 1. The molecule has 1 unspecified atom stereocenters. The highest BCUT2D eigenvalue weighted by molar-refractivity contribution is 7.99. The van der Waals surface area contributed by atoms with Crippen LogP contribution in [0.3, 0.4) is 0 Å². The molecule has 0 spiro atoms. The predicted octanol–water partition coefficient (Wildman–Crippen LogP) is 3.26. The zero-order valence-electron chi connectivity index (χ0n) is 7.83. The largest absolute Gasteiger partial charge is 0.384 e. The van der Waals surface area contributed by atoms with Gasteiger partial charge in [0.15, 0.2) is 0 Å². The number of rotatable bonds is 0. The Labute approximate surface area is 92.8 Å². The molecule has 1 aromatic carbocycles. The first-order valence-electron chi connectivity index (χ1n) is 4.43. The first-order valence-corrected chi connectivity index (χ1v) is 5.85. The van der Waals surface area contributed by atoms with Crippen molar-refractivity contribution in [3.05, 3.63) is 40.4 Å². The number of hydrogen-bond acceptors (Lipinski definition) is 2. The van der Waals surface area contributed by atoms with Gasteiger partial charge >= 0.3 is 0 Å². The quantitative estimate of drug-likeness (QED) is 0.733. The fourth-order valence-corrected chi connectivity index (χ4v) is 2.90. The van der Waals surface area contributed by atoms with E-state index >= 15 is 0 Å². The Kier molecular flexibility index (Phi) is 2.86. The van der Waals surface area contributed by atoms with Gasteiger partial charge in [-0.15, -0.1) is 11.8 Å². The summed E-state index contributed by atoms with van der Waals surface area (Å²) in [6, 6.07) is 6.14. The number of halogens is 1. The van der Waals surface area contributed by atoms with E-state index in [0.29, 0.717) is 0 Å². The molecule has 0 amide bonds. The number of fused-ring (bicyclic) bond motifs is 1. The molecule has 1 aliphatic rings. The maximum Gasteiger partial charge on any atom is 0.103 e. The van der Waals surface area contributed by atoms with Crippen molar-refractivity contribution in [1.82, 2.24) is 0 Å². The number of aryl methyl sites for hydroxylation is 1. The van der Waals surface area contributed by atoms with Gasteiger partial charge in [-0.1, -0.05) is 29.3 Å². The van der Waals surface area contributed by atoms with Crippen LogP contribution in [0.5, 0.6) is 0 Å². The van der Waals surface area contributed by atoms with Gasteiger partial charge in [-0.05, 0) is 24.1 Å². The second-order valence-corrected chi connectivity index (χ2v) is 4.65. The van der Waals surface area contributed by atoms with E-state index < -0.39 is 6.10 Å². The van der Waals surface area contributed by atoms with Crippen molar-refractivity contribution in [3.8, 4) is 0 Å². The van der Waals surface area contributed by atoms with Crippen LogP contribution in [0.1, 0.15) is 17.2 Å². The molecule has 1 N–H and O–H groups in total. The molecule has 1 heterocycles. The monoisotopic (exact) mass is 226 g/mol. The van der Waals surface area contributed by atoms with E-state index in [1.165, 1.54) is 11.1 Å². The van der Waals surface area contributed by atoms with Gasteiger partial charge in [-0.25, -0.2) is 0 Å². The number of aliphatic hydroxyl groups excluding tert-OH is 1. The Balaban J connectivity index is 2.48. The first-order chi connectivity index (χ1) is 6.72. The highest BCUT2D eigenvalue weighted by Crippen LogP contribution is 2.39. The maximum atomic E-state index is 9.98. The van der Waals surface area contributed by atoms with Crippen LogP contribution in [0.4, 0.5) is 0 Å². The van der Waals surface area contributed by atoms with Crippen LogP contribution in [0.25, 0.3) is 0 Å². The predicted molar refractivity (Wildman–Crippen MR) is 60.8 cm³/mol. The van der Waals surface area contributed by atoms with E-state index in [0.717, 1.165) is 21.8 Å². The van der Waals surface area contributed by atoms with Crippen molar-refractivity contribution in [1.29, 1.82) is 0 Å². The molecule has 0 aliphatic carbocycles. The summed E-state index contributed by atoms with van der Waals surface area (Å²) in [5.74, 6) is 0.778. The van der Waals surface area contributed by atoms with E-state index in [1.807, 2.05) is 13.0 Å². The molecule has 0 saturated carbocycles. The Hall–Kier alpha value is -0.440. The van der Waals surface area contributed by atoms with Gasteiger partial charge in [0.05, 0.1) is 0 Å². The van der Waals surface area contributed by atoms with Crippen molar-refractivity contribution in [2.45, 2.75) is 17.9 Å². The summed E-state index contributed by atoms with van der Waals surface area (Å²) in [6.07, 6.45) is -0.524. The average molecular weight is 227 g/mol. The summed E-state index contributed by atoms with van der Waals surface area (Å²) in [4.78, 5) is 1.16. The summed E-state index contributed by atoms with van der Waals surface area (Å²) < 4.78 is 0. The molecular weight excluding hydrogens is 216 g/mol. The third-order valence-electron chi connectivity index (χ3n) is 2.35. The molecule has 1 nitrogen and oxygen atoms in total. The number of thioether (sulfide) groups is 1. The van der Waals surface area contributed by atoms with Crippen LogP contribution in [0.2, 0.25) is 0 Å². The van der Waals surface area contributed by atoms with Crippen LogP contribution in [-0.4, -0.2) is 10.9 Å². The molecule has 1 aliphatic heterocycles. The van der Waals surface area contributed by atoms with E-state index in [4.69, 9.17) is 11.6 Å². The minimum absolute atomic E-state index is 0.524. The van der Waals surface area contributed by atoms with Crippen LogP contribution < -0.4 is 0 Å². The normalized spacial score (nSPS) is 23.6. The van der Waals surface area contributed by atoms with Crippen LogP contribution >= 0.6 is 23.4 Å². The lowest BCUT2D eigenvalue weighted by atomic mass is 10.0. The van der Waals surface area contributed by atoms with Crippen molar-refractivity contribution < 1.29 is 5.11 Å². The lowest BCUT2D eigenvalue weighted by Gasteiger charge is -2.23. The average Bonchev–Trinajstić information content (AvgIpc) is 2.20. The van der Waals surface area contributed by atoms with E-state index in [1.54, 1.807) is 11.8 Å². The zero-order chi connectivity index (χ0) is 10.1. The first kappa shape index (κ1) is 10.1. The highest BCUT2D eigenvalue weighted by Gasteiger charge is 2.22. The summed E-state index contributed by atoms with van der Waals surface area (Å²) in [5, 5.41) is 9.98. The van der Waals surface area contributed by atoms with Gasteiger partial charge < -0.3 is 5.11 Å². The van der Waals surface area contributed by atoms with Gasteiger partial charge in [-0.2, -0.15) is 0 Å². The van der Waals surface area contributed by atoms with E-state index in [-0.39, 0.29) is 0 Å². The van der Waals surface area contributed by atoms with Crippen LogP contribution in [-0.2, 0) is 0 Å². The third-order valence-corrected chi connectivity index (χ3v) is 3.79. The molecule has 0 radical (unpaired) electrons. The van der Waals surface area contributed by atoms with Gasteiger partial charge in [0.2, 0.25) is 0 Å². The Morgan fingerprint density at radius 3 is 3.07 bits per heavy atom. The molecule has 3 heteroatoms. The highest BCUT2D eigenvalue weighted by atomic mass is 35.5. The van der Waals surface area contributed by atoms with Gasteiger partial charge in [-0.3, -0.25) is 0 Å². The molecule has 0 fully saturated rings. The van der Waals surface area contributed by atoms with Crippen molar-refractivity contribution >= 4 is 23.4 Å². The molecule has 0 saturated heterocycles. The summed E-state index contributed by atoms with van der Waals surface area (Å²) in [6.45, 7) is 2.02.